The number of imidazole rings is 1. The predicted molar refractivity (Wildman–Crippen MR) is 73.2 cm³/mol. The van der Waals surface area contributed by atoms with Crippen molar-refractivity contribution in [3.05, 3.63) is 23.8 Å². The number of ether oxygens (including phenoxy) is 1. The van der Waals surface area contributed by atoms with Gasteiger partial charge in [-0.05, 0) is 31.5 Å². The summed E-state index contributed by atoms with van der Waals surface area (Å²) in [5.74, 6) is -1.32. The number of nitrogens with zero attached hydrogens (tertiary/aromatic N) is 1. The van der Waals surface area contributed by atoms with E-state index in [1.807, 2.05) is 25.1 Å². The number of H-pyrrole nitrogens is 1. The van der Waals surface area contributed by atoms with Crippen molar-refractivity contribution in [2.24, 2.45) is 0 Å². The number of thioether (sulfide) groups is 1. The highest BCUT2D eigenvalue weighted by molar-refractivity contribution is 7.99. The largest absolute Gasteiger partial charge is 0.460 e. The first-order valence-electron chi connectivity index (χ1n) is 5.89. The molecular weight excluding hydrogens is 264 g/mol. The molecule has 100 valence electrons. The van der Waals surface area contributed by atoms with Crippen LogP contribution in [0.2, 0.25) is 0 Å². The highest BCUT2D eigenvalue weighted by Gasteiger charge is 2.16. The van der Waals surface area contributed by atoms with Gasteiger partial charge in [0, 0.05) is 0 Å². The molecule has 0 saturated heterocycles. The topological polar surface area (TPSA) is 72.1 Å². The molecule has 0 saturated carbocycles. The molecule has 6 heteroatoms. The molecule has 0 aliphatic carbocycles. The molecule has 0 aliphatic heterocycles. The van der Waals surface area contributed by atoms with Gasteiger partial charge in [0.05, 0.1) is 23.4 Å². The van der Waals surface area contributed by atoms with E-state index in [9.17, 15) is 9.59 Å². The fraction of sp³-hybridized carbons (Fsp3) is 0.308. The average Bonchev–Trinajstić information content (AvgIpc) is 2.78. The quantitative estimate of drug-likeness (QED) is 0.515. The molecule has 0 amide bonds. The fourth-order valence-corrected chi connectivity index (χ4v) is 2.30. The van der Waals surface area contributed by atoms with Crippen LogP contribution in [-0.2, 0) is 14.3 Å². The van der Waals surface area contributed by atoms with E-state index in [-0.39, 0.29) is 12.4 Å². The summed E-state index contributed by atoms with van der Waals surface area (Å²) in [6.07, 6.45) is 0. The van der Waals surface area contributed by atoms with Crippen LogP contribution in [-0.4, -0.2) is 34.1 Å². The van der Waals surface area contributed by atoms with Crippen LogP contribution in [0.1, 0.15) is 12.5 Å². The van der Waals surface area contributed by atoms with Gasteiger partial charge in [0.2, 0.25) is 5.78 Å². The summed E-state index contributed by atoms with van der Waals surface area (Å²) in [7, 11) is 0. The lowest BCUT2D eigenvalue weighted by molar-refractivity contribution is -0.152. The van der Waals surface area contributed by atoms with Crippen LogP contribution in [0.5, 0.6) is 0 Å². The summed E-state index contributed by atoms with van der Waals surface area (Å²) in [6, 6.07) is 5.89. The Balaban J connectivity index is 2.02. The van der Waals surface area contributed by atoms with Crippen molar-refractivity contribution >= 4 is 34.5 Å². The molecule has 0 spiro atoms. The van der Waals surface area contributed by atoms with Gasteiger partial charge in [-0.1, -0.05) is 17.8 Å². The Hall–Kier alpha value is -1.82. The number of Topliss-reactive ketones (excluding diaryl/α,β-unsaturated/α-hetero) is 1. The van der Waals surface area contributed by atoms with Gasteiger partial charge in [-0.3, -0.25) is 4.79 Å². The van der Waals surface area contributed by atoms with E-state index in [0.717, 1.165) is 16.6 Å². The van der Waals surface area contributed by atoms with Crippen LogP contribution >= 0.6 is 11.8 Å². The molecule has 0 fully saturated rings. The molecule has 1 aromatic heterocycles. The number of rotatable bonds is 5. The van der Waals surface area contributed by atoms with E-state index < -0.39 is 11.8 Å². The fourth-order valence-electron chi connectivity index (χ4n) is 1.57. The monoisotopic (exact) mass is 278 g/mol. The van der Waals surface area contributed by atoms with E-state index >= 15 is 0 Å². The van der Waals surface area contributed by atoms with Gasteiger partial charge in [0.15, 0.2) is 5.16 Å². The molecule has 5 nitrogen and oxygen atoms in total. The number of aromatic nitrogens is 2. The zero-order valence-electron chi connectivity index (χ0n) is 10.7. The van der Waals surface area contributed by atoms with Gasteiger partial charge < -0.3 is 9.72 Å². The maximum absolute atomic E-state index is 11.4. The molecule has 1 N–H and O–H groups in total. The maximum atomic E-state index is 11.4. The summed E-state index contributed by atoms with van der Waals surface area (Å²) in [4.78, 5) is 30.1. The van der Waals surface area contributed by atoms with E-state index in [1.54, 1.807) is 6.92 Å². The number of benzene rings is 1. The van der Waals surface area contributed by atoms with Gasteiger partial charge in [-0.2, -0.15) is 0 Å². The van der Waals surface area contributed by atoms with Crippen molar-refractivity contribution in [3.63, 3.8) is 0 Å². The van der Waals surface area contributed by atoms with Gasteiger partial charge in [-0.15, -0.1) is 0 Å². The predicted octanol–water partition coefficient (Wildman–Crippen LogP) is 2.10. The molecule has 0 unspecified atom stereocenters. The van der Waals surface area contributed by atoms with Crippen molar-refractivity contribution in [3.8, 4) is 0 Å². The van der Waals surface area contributed by atoms with Crippen molar-refractivity contribution in [1.29, 1.82) is 0 Å². The molecule has 0 aliphatic rings. The number of nitrogens with one attached hydrogen (secondary N) is 1. The van der Waals surface area contributed by atoms with Crippen molar-refractivity contribution < 1.29 is 14.3 Å². The normalized spacial score (nSPS) is 10.6. The Kier molecular flexibility index (Phi) is 4.21. The minimum atomic E-state index is -0.790. The molecule has 19 heavy (non-hydrogen) atoms. The van der Waals surface area contributed by atoms with Crippen LogP contribution in [0.25, 0.3) is 11.0 Å². The van der Waals surface area contributed by atoms with Gasteiger partial charge >= 0.3 is 5.97 Å². The first kappa shape index (κ1) is 13.6. The van der Waals surface area contributed by atoms with Gasteiger partial charge in [0.25, 0.3) is 0 Å². The molecule has 0 radical (unpaired) electrons. The number of carbonyl (C=O) groups excluding carboxylic acids is 2. The van der Waals surface area contributed by atoms with Gasteiger partial charge in [-0.25, -0.2) is 9.78 Å². The summed E-state index contributed by atoms with van der Waals surface area (Å²) in [5, 5.41) is 0.623. The number of aryl methyl sites for hydroxylation is 1. The average molecular weight is 278 g/mol. The molecule has 0 bridgehead atoms. The summed E-state index contributed by atoms with van der Waals surface area (Å²) < 4.78 is 4.63. The van der Waals surface area contributed by atoms with E-state index in [1.165, 1.54) is 11.8 Å². The van der Waals surface area contributed by atoms with Crippen molar-refractivity contribution in [2.45, 2.75) is 19.0 Å². The number of aromatic amines is 1. The zero-order chi connectivity index (χ0) is 13.8. The number of ketones is 1. The smallest absolute Gasteiger partial charge is 0.375 e. The molecule has 0 atom stereocenters. The number of hydrogen-bond donors (Lipinski definition) is 1. The van der Waals surface area contributed by atoms with Crippen LogP contribution < -0.4 is 0 Å². The second-order valence-electron chi connectivity index (χ2n) is 3.99. The Morgan fingerprint density at radius 2 is 2.21 bits per heavy atom. The van der Waals surface area contributed by atoms with Crippen molar-refractivity contribution in [2.75, 3.05) is 12.4 Å². The Bertz CT molecular complexity index is 621. The van der Waals surface area contributed by atoms with Crippen LogP contribution in [0.15, 0.2) is 23.4 Å². The standard InChI is InChI=1S/C13H14N2O3S/c1-3-18-12(17)11(16)7-19-13-14-9-5-4-8(2)6-10(9)15-13/h4-6H,3,7H2,1-2H3,(H,14,15). The molecule has 1 aromatic carbocycles. The van der Waals surface area contributed by atoms with Crippen LogP contribution in [0, 0.1) is 6.92 Å². The third kappa shape index (κ3) is 3.35. The summed E-state index contributed by atoms with van der Waals surface area (Å²) in [5.41, 5.74) is 2.89. The first-order valence-corrected chi connectivity index (χ1v) is 6.88. The second kappa shape index (κ2) is 5.88. The minimum absolute atomic E-state index is 0.0254. The Labute approximate surface area is 114 Å². The van der Waals surface area contributed by atoms with Gasteiger partial charge in [0.1, 0.15) is 0 Å². The summed E-state index contributed by atoms with van der Waals surface area (Å²) in [6.45, 7) is 3.87. The molecule has 1 heterocycles. The number of hydrogen-bond acceptors (Lipinski definition) is 5. The van der Waals surface area contributed by atoms with Crippen molar-refractivity contribution in [1.82, 2.24) is 9.97 Å². The Morgan fingerprint density at radius 1 is 1.42 bits per heavy atom. The summed E-state index contributed by atoms with van der Waals surface area (Å²) >= 11 is 1.20. The molecular formula is C13H14N2O3S. The van der Waals surface area contributed by atoms with E-state index in [2.05, 4.69) is 14.7 Å². The first-order chi connectivity index (χ1) is 9.10. The third-order valence-electron chi connectivity index (χ3n) is 2.46. The molecule has 2 aromatic rings. The highest BCUT2D eigenvalue weighted by atomic mass is 32.2. The SMILES string of the molecule is CCOC(=O)C(=O)CSc1nc2cc(C)ccc2[nH]1. The van der Waals surface area contributed by atoms with Crippen LogP contribution in [0.4, 0.5) is 0 Å². The highest BCUT2D eigenvalue weighted by Crippen LogP contribution is 2.20. The van der Waals surface area contributed by atoms with E-state index in [4.69, 9.17) is 0 Å². The minimum Gasteiger partial charge on any atom is -0.460 e. The third-order valence-corrected chi connectivity index (χ3v) is 3.33. The number of fused-ring (bicyclic) bond motifs is 1. The van der Waals surface area contributed by atoms with Crippen LogP contribution in [0.3, 0.4) is 0 Å². The Morgan fingerprint density at radius 3 is 2.95 bits per heavy atom. The zero-order valence-corrected chi connectivity index (χ0v) is 11.5. The molecule has 2 rings (SSSR count). The lowest BCUT2D eigenvalue weighted by Crippen LogP contribution is -2.19. The lowest BCUT2D eigenvalue weighted by Gasteiger charge is -1.98. The lowest BCUT2D eigenvalue weighted by atomic mass is 10.2. The number of esters is 1. The maximum Gasteiger partial charge on any atom is 0.375 e. The second-order valence-corrected chi connectivity index (χ2v) is 4.96. The number of carbonyl (C=O) groups is 2. The van der Waals surface area contributed by atoms with E-state index in [0.29, 0.717) is 5.16 Å².